The second-order valence-electron chi connectivity index (χ2n) is 5.69. The Labute approximate surface area is 166 Å². The Morgan fingerprint density at radius 2 is 1.24 bits per heavy atom. The van der Waals surface area contributed by atoms with Crippen molar-refractivity contribution in [3.05, 3.63) is 20.3 Å². The van der Waals surface area contributed by atoms with E-state index in [0.717, 1.165) is 12.8 Å². The number of hydrogen-bond donors (Lipinski definition) is 0. The summed E-state index contributed by atoms with van der Waals surface area (Å²) in [6, 6.07) is 0. The molecule has 0 spiro atoms. The Kier molecular flexibility index (Phi) is 10.4. The number of unbranched alkanes of at least 4 members (excludes halogenated alkanes) is 5. The smallest absolute Gasteiger partial charge is 0.341 e. The van der Waals surface area contributed by atoms with Crippen LogP contribution in [0.2, 0.25) is 0 Å². The normalized spacial score (nSPS) is 10.8. The van der Waals surface area contributed by atoms with Crippen LogP contribution < -0.4 is 0 Å². The molecule has 1 rings (SSSR count). The maximum atomic E-state index is 12.3. The first-order valence-electron chi connectivity index (χ1n) is 8.91. The first-order valence-corrected chi connectivity index (χ1v) is 10.5. The number of nitrogens with zero attached hydrogens (tertiary/aromatic N) is 1. The van der Waals surface area contributed by atoms with Crippen molar-refractivity contribution >= 4 is 43.8 Å². The Hall–Kier alpha value is -0.820. The average Bonchev–Trinajstić information content (AvgIpc) is 2.82. The summed E-state index contributed by atoms with van der Waals surface area (Å²) < 4.78 is 13.2. The van der Waals surface area contributed by atoms with Gasteiger partial charge in [0.25, 0.3) is 0 Å². The van der Waals surface area contributed by atoms with E-state index in [1.165, 1.54) is 25.7 Å². The topological polar surface area (TPSA) is 57.5 Å². The minimum absolute atomic E-state index is 0.221. The number of rotatable bonds is 11. The van der Waals surface area contributed by atoms with Crippen molar-refractivity contribution in [1.29, 1.82) is 0 Å². The van der Waals surface area contributed by atoms with E-state index in [1.807, 2.05) is 4.57 Å². The second kappa shape index (κ2) is 11.7. The van der Waals surface area contributed by atoms with Crippen molar-refractivity contribution in [3.8, 4) is 0 Å². The monoisotopic (exact) mass is 479 g/mol. The van der Waals surface area contributed by atoms with Gasteiger partial charge in [-0.15, -0.1) is 0 Å². The highest BCUT2D eigenvalue weighted by Crippen LogP contribution is 2.33. The van der Waals surface area contributed by atoms with Crippen LogP contribution in [0, 0.1) is 0 Å². The molecule has 0 aliphatic rings. The molecule has 5 nitrogen and oxygen atoms in total. The van der Waals surface area contributed by atoms with Crippen LogP contribution in [0.15, 0.2) is 9.21 Å². The number of carbonyl (C=O) groups is 2. The third-order valence-corrected chi connectivity index (χ3v) is 5.48. The molecule has 1 heterocycles. The molecule has 0 N–H and O–H groups in total. The van der Waals surface area contributed by atoms with Gasteiger partial charge in [-0.3, -0.25) is 0 Å². The molecule has 0 aliphatic carbocycles. The number of esters is 2. The summed E-state index contributed by atoms with van der Waals surface area (Å²) in [5.74, 6) is -1.06. The fraction of sp³-hybridized carbons (Fsp3) is 0.667. The fourth-order valence-electron chi connectivity index (χ4n) is 2.59. The third-order valence-electron chi connectivity index (χ3n) is 3.83. The van der Waals surface area contributed by atoms with Crippen LogP contribution in [0.4, 0.5) is 0 Å². The lowest BCUT2D eigenvalue weighted by molar-refractivity contribution is 0.0479. The maximum Gasteiger partial charge on any atom is 0.341 e. The number of hydrogen-bond acceptors (Lipinski definition) is 4. The Morgan fingerprint density at radius 3 is 1.68 bits per heavy atom. The van der Waals surface area contributed by atoms with Gasteiger partial charge >= 0.3 is 11.9 Å². The molecular weight excluding hydrogens is 454 g/mol. The molecule has 142 valence electrons. The molecule has 0 aromatic carbocycles. The largest absolute Gasteiger partial charge is 0.462 e. The number of halogens is 2. The van der Waals surface area contributed by atoms with Gasteiger partial charge in [-0.1, -0.05) is 39.0 Å². The molecule has 1 aromatic rings. The summed E-state index contributed by atoms with van der Waals surface area (Å²) in [5, 5.41) is 0. The standard InChI is InChI=1S/C18H27Br2NO4/c1-4-7-8-9-10-11-12-21-15(19)13(17(22)24-5-2)14(16(21)20)18(23)25-6-3/h4-12H2,1-3H3. The molecule has 0 saturated carbocycles. The lowest BCUT2D eigenvalue weighted by Gasteiger charge is -2.07. The fourth-order valence-corrected chi connectivity index (χ4v) is 4.26. The summed E-state index contributed by atoms with van der Waals surface area (Å²) in [5.41, 5.74) is 0.441. The van der Waals surface area contributed by atoms with Crippen LogP contribution in [0.25, 0.3) is 0 Å². The molecule has 0 bridgehead atoms. The van der Waals surface area contributed by atoms with Crippen LogP contribution in [0.5, 0.6) is 0 Å². The Morgan fingerprint density at radius 1 is 0.800 bits per heavy atom. The number of ether oxygens (including phenoxy) is 2. The van der Waals surface area contributed by atoms with Crippen LogP contribution >= 0.6 is 31.9 Å². The van der Waals surface area contributed by atoms with Gasteiger partial charge in [0, 0.05) is 6.54 Å². The van der Waals surface area contributed by atoms with Gasteiger partial charge in [0.1, 0.15) is 20.3 Å². The van der Waals surface area contributed by atoms with Crippen molar-refractivity contribution in [2.75, 3.05) is 13.2 Å². The Bertz CT molecular complexity index is 543. The third kappa shape index (κ3) is 6.13. The van der Waals surface area contributed by atoms with E-state index in [0.29, 0.717) is 15.8 Å². The van der Waals surface area contributed by atoms with E-state index in [1.54, 1.807) is 13.8 Å². The molecule has 1 aromatic heterocycles. The zero-order valence-corrected chi connectivity index (χ0v) is 18.4. The summed E-state index contributed by atoms with van der Waals surface area (Å²) in [6.45, 7) is 6.86. The van der Waals surface area contributed by atoms with Gasteiger partial charge in [0.2, 0.25) is 0 Å². The molecule has 0 aliphatic heterocycles. The highest BCUT2D eigenvalue weighted by molar-refractivity contribution is 9.11. The SMILES string of the molecule is CCCCCCCCn1c(Br)c(C(=O)OCC)c(C(=O)OCC)c1Br. The summed E-state index contributed by atoms with van der Waals surface area (Å²) in [4.78, 5) is 24.6. The molecule has 0 fully saturated rings. The summed E-state index contributed by atoms with van der Waals surface area (Å²) in [6.07, 6.45) is 7.00. The predicted octanol–water partition coefficient (Wildman–Crippen LogP) is 5.73. The molecule has 0 atom stereocenters. The Balaban J connectivity index is 2.99. The number of carbonyl (C=O) groups excluding carboxylic acids is 2. The summed E-state index contributed by atoms with van der Waals surface area (Å²) in [7, 11) is 0. The predicted molar refractivity (Wildman–Crippen MR) is 105 cm³/mol. The molecule has 0 unspecified atom stereocenters. The average molecular weight is 481 g/mol. The first-order chi connectivity index (χ1) is 12.0. The van der Waals surface area contributed by atoms with E-state index in [4.69, 9.17) is 9.47 Å². The van der Waals surface area contributed by atoms with Gasteiger partial charge < -0.3 is 14.0 Å². The van der Waals surface area contributed by atoms with E-state index in [2.05, 4.69) is 38.8 Å². The van der Waals surface area contributed by atoms with E-state index < -0.39 is 11.9 Å². The van der Waals surface area contributed by atoms with E-state index >= 15 is 0 Å². The molecule has 7 heteroatoms. The maximum absolute atomic E-state index is 12.3. The van der Waals surface area contributed by atoms with E-state index in [9.17, 15) is 9.59 Å². The quantitative estimate of drug-likeness (QED) is 0.300. The number of aromatic nitrogens is 1. The minimum Gasteiger partial charge on any atom is -0.462 e. The van der Waals surface area contributed by atoms with Gasteiger partial charge in [-0.25, -0.2) is 9.59 Å². The van der Waals surface area contributed by atoms with Gasteiger partial charge in [0.05, 0.1) is 13.2 Å². The van der Waals surface area contributed by atoms with Gasteiger partial charge in [0.15, 0.2) is 0 Å². The van der Waals surface area contributed by atoms with Crippen molar-refractivity contribution < 1.29 is 19.1 Å². The molecule has 0 saturated heterocycles. The molecular formula is C18H27Br2NO4. The zero-order valence-electron chi connectivity index (χ0n) is 15.2. The summed E-state index contributed by atoms with van der Waals surface area (Å²) >= 11 is 6.92. The molecule has 0 amide bonds. The highest BCUT2D eigenvalue weighted by atomic mass is 79.9. The van der Waals surface area contributed by atoms with Crippen LogP contribution in [-0.4, -0.2) is 29.7 Å². The van der Waals surface area contributed by atoms with Crippen molar-refractivity contribution in [2.45, 2.75) is 65.8 Å². The van der Waals surface area contributed by atoms with Crippen molar-refractivity contribution in [2.24, 2.45) is 0 Å². The van der Waals surface area contributed by atoms with E-state index in [-0.39, 0.29) is 24.3 Å². The lowest BCUT2D eigenvalue weighted by Crippen LogP contribution is -2.12. The van der Waals surface area contributed by atoms with Crippen LogP contribution in [0.3, 0.4) is 0 Å². The van der Waals surface area contributed by atoms with Crippen molar-refractivity contribution in [3.63, 3.8) is 0 Å². The highest BCUT2D eigenvalue weighted by Gasteiger charge is 2.31. The minimum atomic E-state index is -0.528. The zero-order chi connectivity index (χ0) is 18.8. The lowest BCUT2D eigenvalue weighted by atomic mass is 10.1. The van der Waals surface area contributed by atoms with Crippen molar-refractivity contribution in [1.82, 2.24) is 4.57 Å². The van der Waals surface area contributed by atoms with Gasteiger partial charge in [-0.05, 0) is 52.1 Å². The van der Waals surface area contributed by atoms with Crippen LogP contribution in [0.1, 0.15) is 80.0 Å². The molecule has 0 radical (unpaired) electrons. The first kappa shape index (κ1) is 22.2. The molecule has 25 heavy (non-hydrogen) atoms. The van der Waals surface area contributed by atoms with Crippen LogP contribution in [-0.2, 0) is 16.0 Å². The second-order valence-corrected chi connectivity index (χ2v) is 7.19. The van der Waals surface area contributed by atoms with Gasteiger partial charge in [-0.2, -0.15) is 0 Å².